The molecule has 0 spiro atoms. The van der Waals surface area contributed by atoms with Crippen LogP contribution in [0, 0.1) is 17.8 Å². The van der Waals surface area contributed by atoms with Crippen molar-refractivity contribution >= 4 is 0 Å². The van der Waals surface area contributed by atoms with Crippen LogP contribution >= 0.6 is 0 Å². The lowest BCUT2D eigenvalue weighted by molar-refractivity contribution is 0.293. The maximum atomic E-state index is 2.39. The van der Waals surface area contributed by atoms with Gasteiger partial charge in [0, 0.05) is 0 Å². The average molecular weight is 321 g/mol. The van der Waals surface area contributed by atoms with Gasteiger partial charge in [0.15, 0.2) is 0 Å². The van der Waals surface area contributed by atoms with Gasteiger partial charge in [-0.15, -0.1) is 0 Å². The van der Waals surface area contributed by atoms with E-state index < -0.39 is 0 Å². The highest BCUT2D eigenvalue weighted by molar-refractivity contribution is 4.69. The molecule has 23 heavy (non-hydrogen) atoms. The van der Waals surface area contributed by atoms with Crippen LogP contribution in [0.15, 0.2) is 0 Å². The zero-order chi connectivity index (χ0) is 16.2. The quantitative estimate of drug-likeness (QED) is 0.414. The van der Waals surface area contributed by atoms with Gasteiger partial charge in [0.2, 0.25) is 0 Å². The molecule has 0 unspecified atom stereocenters. The molecule has 0 bridgehead atoms. The van der Waals surface area contributed by atoms with E-state index in [1.165, 1.54) is 83.5 Å². The maximum absolute atomic E-state index is 2.39. The molecule has 0 heterocycles. The fourth-order valence-electron chi connectivity index (χ4n) is 5.25. The molecular formula is C23H44. The van der Waals surface area contributed by atoms with Crippen LogP contribution in [0.1, 0.15) is 129 Å². The summed E-state index contributed by atoms with van der Waals surface area (Å²) in [5, 5.41) is 0. The van der Waals surface area contributed by atoms with Crippen molar-refractivity contribution in [2.24, 2.45) is 17.8 Å². The van der Waals surface area contributed by atoms with Gasteiger partial charge < -0.3 is 0 Å². The van der Waals surface area contributed by atoms with Crippen LogP contribution in [0.3, 0.4) is 0 Å². The van der Waals surface area contributed by atoms with Crippen LogP contribution < -0.4 is 0 Å². The Balaban J connectivity index is 1.49. The second-order valence-corrected chi connectivity index (χ2v) is 8.85. The first-order valence-corrected chi connectivity index (χ1v) is 11.4. The van der Waals surface area contributed by atoms with E-state index in [2.05, 4.69) is 6.92 Å². The van der Waals surface area contributed by atoms with E-state index >= 15 is 0 Å². The molecule has 0 aromatic carbocycles. The smallest absolute Gasteiger partial charge is 0.0414 e. The highest BCUT2D eigenvalue weighted by Gasteiger charge is 2.16. The fourth-order valence-corrected chi connectivity index (χ4v) is 5.25. The van der Waals surface area contributed by atoms with Crippen molar-refractivity contribution in [2.45, 2.75) is 129 Å². The minimum Gasteiger partial charge on any atom is -0.0651 e. The van der Waals surface area contributed by atoms with Gasteiger partial charge >= 0.3 is 0 Å². The van der Waals surface area contributed by atoms with Crippen molar-refractivity contribution in [1.82, 2.24) is 0 Å². The minimum absolute atomic E-state index is 1.06. The third kappa shape index (κ3) is 8.59. The lowest BCUT2D eigenvalue weighted by Gasteiger charge is -2.24. The van der Waals surface area contributed by atoms with Crippen molar-refractivity contribution in [1.29, 1.82) is 0 Å². The summed E-state index contributed by atoms with van der Waals surface area (Å²) < 4.78 is 0. The first kappa shape index (κ1) is 19.3. The maximum Gasteiger partial charge on any atom is -0.0414 e. The summed E-state index contributed by atoms with van der Waals surface area (Å²) in [5.74, 6) is 3.22. The third-order valence-electron chi connectivity index (χ3n) is 6.98. The van der Waals surface area contributed by atoms with Crippen molar-refractivity contribution in [2.75, 3.05) is 0 Å². The van der Waals surface area contributed by atoms with Gasteiger partial charge in [-0.25, -0.2) is 0 Å². The molecule has 136 valence electrons. The van der Waals surface area contributed by atoms with Gasteiger partial charge in [-0.3, -0.25) is 0 Å². The van der Waals surface area contributed by atoms with Crippen molar-refractivity contribution in [3.05, 3.63) is 0 Å². The molecule has 0 heteroatoms. The second kappa shape index (κ2) is 12.4. The van der Waals surface area contributed by atoms with E-state index in [1.54, 1.807) is 38.5 Å². The summed E-state index contributed by atoms with van der Waals surface area (Å²) in [6.07, 6.45) is 28.9. The average Bonchev–Trinajstić information content (AvgIpc) is 2.50. The highest BCUT2D eigenvalue weighted by Crippen LogP contribution is 2.31. The summed E-state index contributed by atoms with van der Waals surface area (Å²) >= 11 is 0. The Kier molecular flexibility index (Phi) is 10.4. The summed E-state index contributed by atoms with van der Waals surface area (Å²) in [7, 11) is 0. The molecule has 0 nitrogen and oxygen atoms in total. The van der Waals surface area contributed by atoms with Crippen molar-refractivity contribution in [3.8, 4) is 0 Å². The van der Waals surface area contributed by atoms with Crippen LogP contribution in [0.25, 0.3) is 0 Å². The first-order chi connectivity index (χ1) is 11.4. The molecule has 2 rings (SSSR count). The topological polar surface area (TPSA) is 0 Å². The number of rotatable bonds is 7. The highest BCUT2D eigenvalue weighted by atomic mass is 14.2. The van der Waals surface area contributed by atoms with Crippen LogP contribution in [-0.2, 0) is 0 Å². The molecule has 2 aliphatic rings. The standard InChI is InChI=1S/C23H44/c1-2-21-17-11-19-23(20-12-18-21)16-10-6-9-15-22-13-7-4-3-5-8-14-22/h21-23H,2-20H2,1H3. The molecule has 0 amide bonds. The Bertz CT molecular complexity index is 251. The Hall–Kier alpha value is 0. The van der Waals surface area contributed by atoms with E-state index in [0.717, 1.165) is 17.8 Å². The number of hydrogen-bond donors (Lipinski definition) is 0. The van der Waals surface area contributed by atoms with Gasteiger partial charge in [0.05, 0.1) is 0 Å². The molecule has 0 aromatic rings. The molecule has 2 saturated carbocycles. The lowest BCUT2D eigenvalue weighted by Crippen LogP contribution is -2.09. The molecule has 2 aliphatic carbocycles. The first-order valence-electron chi connectivity index (χ1n) is 11.4. The molecule has 2 fully saturated rings. The van der Waals surface area contributed by atoms with Gasteiger partial charge in [0.25, 0.3) is 0 Å². The summed E-state index contributed by atoms with van der Waals surface area (Å²) in [6, 6.07) is 0. The van der Waals surface area contributed by atoms with Crippen LogP contribution in [0.4, 0.5) is 0 Å². The zero-order valence-electron chi connectivity index (χ0n) is 16.2. The Morgan fingerprint density at radius 1 is 0.478 bits per heavy atom. The predicted octanol–water partition coefficient (Wildman–Crippen LogP) is 8.29. The predicted molar refractivity (Wildman–Crippen MR) is 104 cm³/mol. The molecule has 0 atom stereocenters. The SMILES string of the molecule is CCC1CCCC(CCCCCC2CCCCCCC2)CCC1. The van der Waals surface area contributed by atoms with Gasteiger partial charge in [-0.1, -0.05) is 129 Å². The molecule has 0 N–H and O–H groups in total. The van der Waals surface area contributed by atoms with Crippen LogP contribution in [-0.4, -0.2) is 0 Å². The molecule has 0 aliphatic heterocycles. The molecular weight excluding hydrogens is 276 g/mol. The van der Waals surface area contributed by atoms with Gasteiger partial charge in [0.1, 0.15) is 0 Å². The third-order valence-corrected chi connectivity index (χ3v) is 6.98. The van der Waals surface area contributed by atoms with Gasteiger partial charge in [-0.2, -0.15) is 0 Å². The molecule has 0 aromatic heterocycles. The number of unbranched alkanes of at least 4 members (excludes halogenated alkanes) is 2. The van der Waals surface area contributed by atoms with Crippen molar-refractivity contribution < 1.29 is 0 Å². The zero-order valence-corrected chi connectivity index (χ0v) is 16.2. The monoisotopic (exact) mass is 320 g/mol. The van der Waals surface area contributed by atoms with E-state index in [-0.39, 0.29) is 0 Å². The van der Waals surface area contributed by atoms with Gasteiger partial charge in [-0.05, 0) is 17.8 Å². The largest absolute Gasteiger partial charge is 0.0651 e. The minimum atomic E-state index is 1.06. The number of hydrogen-bond acceptors (Lipinski definition) is 0. The Morgan fingerprint density at radius 3 is 1.43 bits per heavy atom. The molecule has 0 radical (unpaired) electrons. The van der Waals surface area contributed by atoms with E-state index in [1.807, 2.05) is 0 Å². The second-order valence-electron chi connectivity index (χ2n) is 8.85. The Morgan fingerprint density at radius 2 is 0.913 bits per heavy atom. The van der Waals surface area contributed by atoms with E-state index in [9.17, 15) is 0 Å². The van der Waals surface area contributed by atoms with E-state index in [0.29, 0.717) is 0 Å². The fraction of sp³-hybridized carbons (Fsp3) is 1.00. The summed E-state index contributed by atoms with van der Waals surface area (Å²) in [5.41, 5.74) is 0. The van der Waals surface area contributed by atoms with Crippen LogP contribution in [0.5, 0.6) is 0 Å². The summed E-state index contributed by atoms with van der Waals surface area (Å²) in [4.78, 5) is 0. The van der Waals surface area contributed by atoms with Crippen molar-refractivity contribution in [3.63, 3.8) is 0 Å². The molecule has 0 saturated heterocycles. The Labute approximate surface area is 147 Å². The normalized spacial score (nSPS) is 28.6. The summed E-state index contributed by atoms with van der Waals surface area (Å²) in [6.45, 7) is 2.39. The lowest BCUT2D eigenvalue weighted by atomic mass is 9.82. The van der Waals surface area contributed by atoms with Crippen LogP contribution in [0.2, 0.25) is 0 Å². The van der Waals surface area contributed by atoms with E-state index in [4.69, 9.17) is 0 Å².